The standard InChI is InChI=1S/C16H27N/c1-6-11-17-14(3)12-16(4,5)15-9-7-13(2)8-10-15/h7-10,14,17H,6,11-12H2,1-5H3. The van der Waals surface area contributed by atoms with E-state index >= 15 is 0 Å². The maximum atomic E-state index is 3.57. The van der Waals surface area contributed by atoms with Gasteiger partial charge in [0.15, 0.2) is 0 Å². The first-order valence-corrected chi connectivity index (χ1v) is 6.76. The zero-order chi connectivity index (χ0) is 12.9. The summed E-state index contributed by atoms with van der Waals surface area (Å²) < 4.78 is 0. The van der Waals surface area contributed by atoms with Crippen molar-refractivity contribution in [3.8, 4) is 0 Å². The predicted molar refractivity (Wildman–Crippen MR) is 76.6 cm³/mol. The molecule has 0 saturated carbocycles. The Morgan fingerprint density at radius 3 is 2.29 bits per heavy atom. The van der Waals surface area contributed by atoms with Crippen LogP contribution in [0, 0.1) is 6.92 Å². The molecule has 0 spiro atoms. The van der Waals surface area contributed by atoms with Crippen LogP contribution in [0.2, 0.25) is 0 Å². The molecule has 17 heavy (non-hydrogen) atoms. The molecule has 96 valence electrons. The molecule has 0 aliphatic heterocycles. The number of hydrogen-bond acceptors (Lipinski definition) is 1. The van der Waals surface area contributed by atoms with Crippen LogP contribution in [-0.4, -0.2) is 12.6 Å². The predicted octanol–water partition coefficient (Wildman–Crippen LogP) is 4.05. The summed E-state index contributed by atoms with van der Waals surface area (Å²) in [6, 6.07) is 9.53. The summed E-state index contributed by atoms with van der Waals surface area (Å²) in [5.41, 5.74) is 3.02. The Labute approximate surface area is 107 Å². The van der Waals surface area contributed by atoms with Crippen LogP contribution in [0.3, 0.4) is 0 Å². The largest absolute Gasteiger partial charge is 0.314 e. The van der Waals surface area contributed by atoms with Gasteiger partial charge in [0.25, 0.3) is 0 Å². The monoisotopic (exact) mass is 233 g/mol. The third-order valence-corrected chi connectivity index (χ3v) is 3.39. The van der Waals surface area contributed by atoms with Gasteiger partial charge in [-0.1, -0.05) is 50.6 Å². The fourth-order valence-electron chi connectivity index (χ4n) is 2.35. The van der Waals surface area contributed by atoms with Crippen molar-refractivity contribution in [2.75, 3.05) is 6.54 Å². The van der Waals surface area contributed by atoms with Crippen LogP contribution in [0.4, 0.5) is 0 Å². The molecule has 0 aliphatic rings. The Bertz CT molecular complexity index is 324. The number of rotatable bonds is 6. The average Bonchev–Trinajstić information content (AvgIpc) is 2.26. The van der Waals surface area contributed by atoms with E-state index in [-0.39, 0.29) is 5.41 Å². The SMILES string of the molecule is CCCNC(C)CC(C)(C)c1ccc(C)cc1. The van der Waals surface area contributed by atoms with Gasteiger partial charge in [-0.15, -0.1) is 0 Å². The van der Waals surface area contributed by atoms with Crippen molar-refractivity contribution in [3.05, 3.63) is 35.4 Å². The molecule has 1 N–H and O–H groups in total. The molecule has 1 heteroatoms. The van der Waals surface area contributed by atoms with Gasteiger partial charge in [0.1, 0.15) is 0 Å². The second-order valence-electron chi connectivity index (χ2n) is 5.81. The number of aryl methyl sites for hydroxylation is 1. The minimum Gasteiger partial charge on any atom is -0.314 e. The van der Waals surface area contributed by atoms with Crippen molar-refractivity contribution in [1.82, 2.24) is 5.32 Å². The lowest BCUT2D eigenvalue weighted by molar-refractivity contribution is 0.389. The van der Waals surface area contributed by atoms with Gasteiger partial charge in [0.05, 0.1) is 0 Å². The summed E-state index contributed by atoms with van der Waals surface area (Å²) in [6.07, 6.45) is 2.38. The van der Waals surface area contributed by atoms with E-state index < -0.39 is 0 Å². The molecular formula is C16H27N. The quantitative estimate of drug-likeness (QED) is 0.781. The lowest BCUT2D eigenvalue weighted by atomic mass is 9.79. The summed E-state index contributed by atoms with van der Waals surface area (Å²) in [4.78, 5) is 0. The van der Waals surface area contributed by atoms with E-state index in [1.165, 1.54) is 24.0 Å². The van der Waals surface area contributed by atoms with Crippen LogP contribution in [-0.2, 0) is 5.41 Å². The van der Waals surface area contributed by atoms with Crippen LogP contribution in [0.1, 0.15) is 51.7 Å². The van der Waals surface area contributed by atoms with Crippen molar-refractivity contribution in [2.24, 2.45) is 0 Å². The highest BCUT2D eigenvalue weighted by Crippen LogP contribution is 2.28. The van der Waals surface area contributed by atoms with Gasteiger partial charge in [-0.05, 0) is 44.2 Å². The van der Waals surface area contributed by atoms with Gasteiger partial charge in [-0.2, -0.15) is 0 Å². The first kappa shape index (κ1) is 14.2. The minimum atomic E-state index is 0.244. The van der Waals surface area contributed by atoms with Crippen LogP contribution in [0.5, 0.6) is 0 Å². The molecule has 0 heterocycles. The highest BCUT2D eigenvalue weighted by molar-refractivity contribution is 5.27. The molecule has 1 rings (SSSR count). The van der Waals surface area contributed by atoms with Gasteiger partial charge in [-0.25, -0.2) is 0 Å². The van der Waals surface area contributed by atoms with Crippen molar-refractivity contribution in [2.45, 2.75) is 58.9 Å². The van der Waals surface area contributed by atoms with Crippen molar-refractivity contribution in [1.29, 1.82) is 0 Å². The third-order valence-electron chi connectivity index (χ3n) is 3.39. The van der Waals surface area contributed by atoms with Crippen LogP contribution in [0.15, 0.2) is 24.3 Å². The van der Waals surface area contributed by atoms with Gasteiger partial charge >= 0.3 is 0 Å². The molecule has 1 atom stereocenters. The van der Waals surface area contributed by atoms with Crippen LogP contribution < -0.4 is 5.32 Å². The molecule has 1 nitrogen and oxygen atoms in total. The van der Waals surface area contributed by atoms with Gasteiger partial charge in [-0.3, -0.25) is 0 Å². The van der Waals surface area contributed by atoms with Gasteiger partial charge < -0.3 is 5.32 Å². The maximum absolute atomic E-state index is 3.57. The summed E-state index contributed by atoms with van der Waals surface area (Å²) in [5.74, 6) is 0. The highest BCUT2D eigenvalue weighted by Gasteiger charge is 2.22. The molecule has 1 aromatic carbocycles. The fraction of sp³-hybridized carbons (Fsp3) is 0.625. The normalized spacial score (nSPS) is 13.7. The first-order valence-electron chi connectivity index (χ1n) is 6.76. The van der Waals surface area contributed by atoms with E-state index in [9.17, 15) is 0 Å². The van der Waals surface area contributed by atoms with Crippen molar-refractivity contribution in [3.63, 3.8) is 0 Å². The molecule has 1 unspecified atom stereocenters. The zero-order valence-corrected chi connectivity index (χ0v) is 12.0. The van der Waals surface area contributed by atoms with E-state index in [2.05, 4.69) is 64.2 Å². The Morgan fingerprint density at radius 2 is 1.76 bits per heavy atom. The molecular weight excluding hydrogens is 206 g/mol. The Hall–Kier alpha value is -0.820. The minimum absolute atomic E-state index is 0.244. The molecule has 0 saturated heterocycles. The zero-order valence-electron chi connectivity index (χ0n) is 12.0. The molecule has 0 radical (unpaired) electrons. The van der Waals surface area contributed by atoms with Crippen LogP contribution >= 0.6 is 0 Å². The van der Waals surface area contributed by atoms with Gasteiger partial charge in [0, 0.05) is 6.04 Å². The van der Waals surface area contributed by atoms with E-state index in [4.69, 9.17) is 0 Å². The molecule has 0 aliphatic carbocycles. The highest BCUT2D eigenvalue weighted by atomic mass is 14.9. The third kappa shape index (κ3) is 4.51. The lowest BCUT2D eigenvalue weighted by Crippen LogP contribution is -2.33. The smallest absolute Gasteiger partial charge is 0.00470 e. The summed E-state index contributed by atoms with van der Waals surface area (Å²) in [6.45, 7) is 12.4. The van der Waals surface area contributed by atoms with E-state index in [0.29, 0.717) is 6.04 Å². The fourth-order valence-corrected chi connectivity index (χ4v) is 2.35. The van der Waals surface area contributed by atoms with Gasteiger partial charge in [0.2, 0.25) is 0 Å². The molecule has 0 bridgehead atoms. The second-order valence-corrected chi connectivity index (χ2v) is 5.81. The molecule has 0 aromatic heterocycles. The topological polar surface area (TPSA) is 12.0 Å². The maximum Gasteiger partial charge on any atom is 0.00470 e. The Morgan fingerprint density at radius 1 is 1.18 bits per heavy atom. The summed E-state index contributed by atoms with van der Waals surface area (Å²) >= 11 is 0. The van der Waals surface area contributed by atoms with E-state index in [1.54, 1.807) is 0 Å². The number of nitrogens with one attached hydrogen (secondary N) is 1. The summed E-state index contributed by atoms with van der Waals surface area (Å²) in [7, 11) is 0. The molecule has 1 aromatic rings. The lowest BCUT2D eigenvalue weighted by Gasteiger charge is -2.29. The Balaban J connectivity index is 2.64. The first-order chi connectivity index (χ1) is 7.95. The Kier molecular flexibility index (Phi) is 5.20. The number of benzene rings is 1. The van der Waals surface area contributed by atoms with Crippen molar-refractivity contribution >= 4 is 0 Å². The number of hydrogen-bond donors (Lipinski definition) is 1. The van der Waals surface area contributed by atoms with Crippen molar-refractivity contribution < 1.29 is 0 Å². The van der Waals surface area contributed by atoms with E-state index in [0.717, 1.165) is 6.54 Å². The average molecular weight is 233 g/mol. The second kappa shape index (κ2) is 6.20. The molecule has 0 amide bonds. The summed E-state index contributed by atoms with van der Waals surface area (Å²) in [5, 5.41) is 3.57. The van der Waals surface area contributed by atoms with E-state index in [1.807, 2.05) is 0 Å². The van der Waals surface area contributed by atoms with Crippen LogP contribution in [0.25, 0.3) is 0 Å². The molecule has 0 fully saturated rings.